The first-order valence-electron chi connectivity index (χ1n) is 4.67. The molecule has 13 heavy (non-hydrogen) atoms. The fourth-order valence-corrected chi connectivity index (χ4v) is 2.15. The van der Waals surface area contributed by atoms with E-state index in [2.05, 4.69) is 52.6 Å². The van der Waals surface area contributed by atoms with Crippen LogP contribution in [0.25, 0.3) is 0 Å². The van der Waals surface area contributed by atoms with Gasteiger partial charge in [-0.2, -0.15) is 0 Å². The average Bonchev–Trinajstić information content (AvgIpc) is 2.86. The molecule has 0 radical (unpaired) electrons. The Morgan fingerprint density at radius 1 is 1.46 bits per heavy atom. The number of likely N-dealkylation sites (N-methyl/N-ethyl adjacent to an activating group) is 1. The maximum atomic E-state index is 3.49. The summed E-state index contributed by atoms with van der Waals surface area (Å²) in [5, 5.41) is 3.41. The Bertz CT molecular complexity index is 305. The second-order valence-corrected chi connectivity index (χ2v) is 4.75. The summed E-state index contributed by atoms with van der Waals surface area (Å²) in [5.74, 6) is 0. The van der Waals surface area contributed by atoms with Crippen molar-refractivity contribution in [2.75, 3.05) is 7.05 Å². The number of hydrogen-bond acceptors (Lipinski definition) is 1. The fraction of sp³-hybridized carbons (Fsp3) is 0.455. The van der Waals surface area contributed by atoms with E-state index in [4.69, 9.17) is 0 Å². The van der Waals surface area contributed by atoms with E-state index in [-0.39, 0.29) is 0 Å². The van der Waals surface area contributed by atoms with Crippen molar-refractivity contribution in [3.8, 4) is 0 Å². The highest BCUT2D eigenvalue weighted by Gasteiger charge is 2.40. The lowest BCUT2D eigenvalue weighted by molar-refractivity contribution is 0.548. The summed E-state index contributed by atoms with van der Waals surface area (Å²) in [7, 11) is 2.06. The van der Waals surface area contributed by atoms with E-state index in [1.54, 1.807) is 0 Å². The summed E-state index contributed by atoms with van der Waals surface area (Å²) in [6.07, 6.45) is 3.79. The van der Waals surface area contributed by atoms with Crippen molar-refractivity contribution in [2.45, 2.75) is 24.8 Å². The van der Waals surface area contributed by atoms with E-state index >= 15 is 0 Å². The van der Waals surface area contributed by atoms with Crippen LogP contribution in [0.2, 0.25) is 0 Å². The van der Waals surface area contributed by atoms with Crippen molar-refractivity contribution in [1.82, 2.24) is 5.32 Å². The van der Waals surface area contributed by atoms with E-state index in [1.807, 2.05) is 0 Å². The molecule has 0 amide bonds. The highest BCUT2D eigenvalue weighted by atomic mass is 79.9. The van der Waals surface area contributed by atoms with Gasteiger partial charge in [0.05, 0.1) is 0 Å². The molecule has 1 aliphatic rings. The van der Waals surface area contributed by atoms with Crippen molar-refractivity contribution >= 4 is 15.9 Å². The smallest absolute Gasteiger partial charge is 0.0220 e. The second-order valence-electron chi connectivity index (χ2n) is 3.84. The molecule has 2 rings (SSSR count). The predicted molar refractivity (Wildman–Crippen MR) is 58.9 cm³/mol. The van der Waals surface area contributed by atoms with Crippen LogP contribution in [0.15, 0.2) is 28.7 Å². The molecule has 1 aliphatic carbocycles. The summed E-state index contributed by atoms with van der Waals surface area (Å²) in [6, 6.07) is 8.58. The zero-order valence-corrected chi connectivity index (χ0v) is 9.39. The van der Waals surface area contributed by atoms with Crippen molar-refractivity contribution in [1.29, 1.82) is 0 Å². The van der Waals surface area contributed by atoms with Gasteiger partial charge in [-0.1, -0.05) is 28.1 Å². The molecule has 0 aliphatic heterocycles. The van der Waals surface area contributed by atoms with Crippen LogP contribution in [0.1, 0.15) is 18.4 Å². The maximum Gasteiger partial charge on any atom is 0.0220 e. The van der Waals surface area contributed by atoms with Crippen molar-refractivity contribution in [2.24, 2.45) is 0 Å². The molecule has 0 spiro atoms. The largest absolute Gasteiger partial charge is 0.314 e. The molecule has 1 nitrogen and oxygen atoms in total. The Morgan fingerprint density at radius 3 is 2.77 bits per heavy atom. The number of hydrogen-bond donors (Lipinski definition) is 1. The Morgan fingerprint density at radius 2 is 2.23 bits per heavy atom. The van der Waals surface area contributed by atoms with Crippen molar-refractivity contribution in [3.05, 3.63) is 34.3 Å². The molecule has 1 fully saturated rings. The third kappa shape index (κ3) is 2.12. The standard InChI is InChI=1S/C11H14BrN/c1-13-11(5-6-11)8-9-3-2-4-10(12)7-9/h2-4,7,13H,5-6,8H2,1H3. The van der Waals surface area contributed by atoms with Gasteiger partial charge in [0.25, 0.3) is 0 Å². The van der Waals surface area contributed by atoms with Crippen LogP contribution in [0.4, 0.5) is 0 Å². The van der Waals surface area contributed by atoms with Crippen LogP contribution < -0.4 is 5.32 Å². The molecule has 1 aromatic rings. The molecule has 2 heteroatoms. The molecule has 1 N–H and O–H groups in total. The zero-order valence-electron chi connectivity index (χ0n) is 7.81. The number of rotatable bonds is 3. The van der Waals surface area contributed by atoms with E-state index in [0.717, 1.165) is 6.42 Å². The minimum atomic E-state index is 0.417. The lowest BCUT2D eigenvalue weighted by Crippen LogP contribution is -2.29. The molecule has 70 valence electrons. The van der Waals surface area contributed by atoms with Crippen LogP contribution in [0.5, 0.6) is 0 Å². The second kappa shape index (κ2) is 3.43. The number of nitrogens with one attached hydrogen (secondary N) is 1. The summed E-state index contributed by atoms with van der Waals surface area (Å²) in [6.45, 7) is 0. The minimum absolute atomic E-state index is 0.417. The quantitative estimate of drug-likeness (QED) is 0.856. The SMILES string of the molecule is CNC1(Cc2cccc(Br)c2)CC1. The lowest BCUT2D eigenvalue weighted by Gasteiger charge is -2.13. The molecule has 0 atom stereocenters. The first-order valence-corrected chi connectivity index (χ1v) is 5.47. The Kier molecular flexibility index (Phi) is 2.43. The summed E-state index contributed by atoms with van der Waals surface area (Å²) >= 11 is 3.49. The molecule has 0 unspecified atom stereocenters. The number of halogens is 1. The molecule has 1 saturated carbocycles. The van der Waals surface area contributed by atoms with E-state index in [9.17, 15) is 0 Å². The monoisotopic (exact) mass is 239 g/mol. The maximum absolute atomic E-state index is 3.49. The van der Waals surface area contributed by atoms with Gasteiger partial charge in [0.2, 0.25) is 0 Å². The predicted octanol–water partition coefficient (Wildman–Crippen LogP) is 2.74. The normalized spacial score (nSPS) is 18.6. The van der Waals surface area contributed by atoms with Gasteiger partial charge in [-0.3, -0.25) is 0 Å². The van der Waals surface area contributed by atoms with Crippen LogP contribution in [0.3, 0.4) is 0 Å². The Labute approximate surface area is 87.7 Å². The first-order chi connectivity index (χ1) is 6.24. The van der Waals surface area contributed by atoms with Gasteiger partial charge in [0, 0.05) is 10.0 Å². The summed E-state index contributed by atoms with van der Waals surface area (Å²) < 4.78 is 1.18. The molecule has 0 saturated heterocycles. The zero-order chi connectivity index (χ0) is 9.31. The van der Waals surface area contributed by atoms with Gasteiger partial charge in [0.15, 0.2) is 0 Å². The van der Waals surface area contributed by atoms with Gasteiger partial charge < -0.3 is 5.32 Å². The third-order valence-electron chi connectivity index (χ3n) is 2.82. The lowest BCUT2D eigenvalue weighted by atomic mass is 10.0. The van der Waals surface area contributed by atoms with Gasteiger partial charge in [-0.05, 0) is 44.0 Å². The fourth-order valence-electron chi connectivity index (χ4n) is 1.70. The molecule has 0 aromatic heterocycles. The summed E-state index contributed by atoms with van der Waals surface area (Å²) in [5.41, 5.74) is 1.84. The third-order valence-corrected chi connectivity index (χ3v) is 3.31. The first kappa shape index (κ1) is 9.22. The van der Waals surface area contributed by atoms with E-state index < -0.39 is 0 Å². The highest BCUT2D eigenvalue weighted by molar-refractivity contribution is 9.10. The highest BCUT2D eigenvalue weighted by Crippen LogP contribution is 2.38. The Balaban J connectivity index is 2.09. The molecule has 0 bridgehead atoms. The van der Waals surface area contributed by atoms with E-state index in [1.165, 1.54) is 22.9 Å². The van der Waals surface area contributed by atoms with Crippen molar-refractivity contribution in [3.63, 3.8) is 0 Å². The van der Waals surface area contributed by atoms with Crippen LogP contribution in [-0.4, -0.2) is 12.6 Å². The van der Waals surface area contributed by atoms with E-state index in [0.29, 0.717) is 5.54 Å². The molecular weight excluding hydrogens is 226 g/mol. The topological polar surface area (TPSA) is 12.0 Å². The molecule has 1 aromatic carbocycles. The van der Waals surface area contributed by atoms with Crippen molar-refractivity contribution < 1.29 is 0 Å². The Hall–Kier alpha value is -0.340. The van der Waals surface area contributed by atoms with Crippen LogP contribution >= 0.6 is 15.9 Å². The summed E-state index contributed by atoms with van der Waals surface area (Å²) in [4.78, 5) is 0. The van der Waals surface area contributed by atoms with Gasteiger partial charge >= 0.3 is 0 Å². The van der Waals surface area contributed by atoms with Crippen LogP contribution in [-0.2, 0) is 6.42 Å². The van der Waals surface area contributed by atoms with Gasteiger partial charge in [0.1, 0.15) is 0 Å². The average molecular weight is 240 g/mol. The van der Waals surface area contributed by atoms with Gasteiger partial charge in [-0.25, -0.2) is 0 Å². The number of benzene rings is 1. The molecular formula is C11H14BrN. The molecule has 0 heterocycles. The van der Waals surface area contributed by atoms with Crippen LogP contribution in [0, 0.1) is 0 Å². The minimum Gasteiger partial charge on any atom is -0.314 e. The van der Waals surface area contributed by atoms with Gasteiger partial charge in [-0.15, -0.1) is 0 Å².